The second kappa shape index (κ2) is 4.39. The summed E-state index contributed by atoms with van der Waals surface area (Å²) >= 11 is 0. The first-order chi connectivity index (χ1) is 8.96. The maximum absolute atomic E-state index is 13.2. The third-order valence-corrected chi connectivity index (χ3v) is 3.92. The molecule has 0 saturated carbocycles. The van der Waals surface area contributed by atoms with Gasteiger partial charge in [0, 0.05) is 5.69 Å². The molecule has 1 aliphatic heterocycles. The number of rotatable bonds is 1. The highest BCUT2D eigenvalue weighted by Gasteiger charge is 2.53. The summed E-state index contributed by atoms with van der Waals surface area (Å²) in [5.41, 5.74) is 2.77. The van der Waals surface area contributed by atoms with Crippen LogP contribution in [0, 0.1) is 0 Å². The Hall–Kier alpha value is -1.21. The number of hydrogen-bond acceptors (Lipinski definition) is 3. The van der Waals surface area contributed by atoms with Crippen LogP contribution in [0.25, 0.3) is 0 Å². The fraction of sp³-hybridized carbons (Fsp3) is 0.538. The minimum absolute atomic E-state index is 0.0869. The first kappa shape index (κ1) is 15.2. The van der Waals surface area contributed by atoms with Crippen molar-refractivity contribution in [1.29, 1.82) is 0 Å². The Labute approximate surface area is 116 Å². The van der Waals surface area contributed by atoms with Crippen LogP contribution in [0.15, 0.2) is 18.2 Å². The number of halogens is 3. The van der Waals surface area contributed by atoms with E-state index >= 15 is 0 Å². The highest BCUT2D eigenvalue weighted by Crippen LogP contribution is 2.39. The van der Waals surface area contributed by atoms with Crippen molar-refractivity contribution in [3.05, 3.63) is 23.8 Å². The van der Waals surface area contributed by atoms with Crippen LogP contribution < -0.4 is 11.2 Å². The summed E-state index contributed by atoms with van der Waals surface area (Å²) in [6, 6.07) is 4.02. The van der Waals surface area contributed by atoms with E-state index < -0.39 is 30.1 Å². The Balaban J connectivity index is 2.49. The smallest absolute Gasteiger partial charge is 0.399 e. The lowest BCUT2D eigenvalue weighted by Crippen LogP contribution is -2.41. The van der Waals surface area contributed by atoms with E-state index in [-0.39, 0.29) is 11.2 Å². The predicted octanol–water partition coefficient (Wildman–Crippen LogP) is 2.59. The van der Waals surface area contributed by atoms with Crippen LogP contribution in [0.1, 0.15) is 33.3 Å². The van der Waals surface area contributed by atoms with Crippen molar-refractivity contribution in [2.75, 3.05) is 5.73 Å². The molecular weight excluding hydrogens is 270 g/mol. The molecule has 1 aliphatic rings. The van der Waals surface area contributed by atoms with Gasteiger partial charge >= 0.3 is 13.3 Å². The van der Waals surface area contributed by atoms with Crippen LogP contribution in [0.4, 0.5) is 18.9 Å². The third kappa shape index (κ3) is 2.40. The molecule has 0 aromatic heterocycles. The first-order valence-electron chi connectivity index (χ1n) is 6.27. The maximum atomic E-state index is 13.2. The van der Waals surface area contributed by atoms with Crippen molar-refractivity contribution in [2.45, 2.75) is 45.1 Å². The molecule has 2 N–H and O–H groups in total. The number of nitrogen functional groups attached to an aromatic ring is 1. The van der Waals surface area contributed by atoms with Gasteiger partial charge in [-0.25, -0.2) is 0 Å². The molecular formula is C13H17BF3NO2. The van der Waals surface area contributed by atoms with Crippen molar-refractivity contribution >= 4 is 18.3 Å². The van der Waals surface area contributed by atoms with Gasteiger partial charge in [0.05, 0.1) is 16.8 Å². The molecule has 1 saturated heterocycles. The molecule has 0 bridgehead atoms. The van der Waals surface area contributed by atoms with Crippen molar-refractivity contribution < 1.29 is 22.5 Å². The molecule has 0 spiro atoms. The summed E-state index contributed by atoms with van der Waals surface area (Å²) < 4.78 is 50.8. The van der Waals surface area contributed by atoms with Gasteiger partial charge in [-0.2, -0.15) is 13.2 Å². The lowest BCUT2D eigenvalue weighted by Gasteiger charge is -2.32. The number of alkyl halides is 3. The molecule has 1 heterocycles. The van der Waals surface area contributed by atoms with Gasteiger partial charge in [-0.05, 0) is 39.2 Å². The van der Waals surface area contributed by atoms with Crippen molar-refractivity contribution in [3.63, 3.8) is 0 Å². The Kier molecular flexibility index (Phi) is 3.34. The van der Waals surface area contributed by atoms with E-state index in [2.05, 4.69) is 0 Å². The average Bonchev–Trinajstić information content (AvgIpc) is 2.46. The van der Waals surface area contributed by atoms with Crippen LogP contribution >= 0.6 is 0 Å². The molecule has 2 rings (SSSR count). The van der Waals surface area contributed by atoms with Gasteiger partial charge < -0.3 is 15.0 Å². The molecule has 0 unspecified atom stereocenters. The summed E-state index contributed by atoms with van der Waals surface area (Å²) in [5, 5.41) is 0. The molecule has 0 radical (unpaired) electrons. The van der Waals surface area contributed by atoms with Gasteiger partial charge in [0.15, 0.2) is 0 Å². The maximum Gasteiger partial charge on any atom is 0.495 e. The minimum Gasteiger partial charge on any atom is -0.399 e. The van der Waals surface area contributed by atoms with E-state index in [1.54, 1.807) is 27.7 Å². The Bertz CT molecular complexity index is 513. The van der Waals surface area contributed by atoms with E-state index in [0.29, 0.717) is 0 Å². The van der Waals surface area contributed by atoms with E-state index in [0.717, 1.165) is 0 Å². The van der Waals surface area contributed by atoms with Gasteiger partial charge in [-0.3, -0.25) is 0 Å². The monoisotopic (exact) mass is 287 g/mol. The molecule has 0 amide bonds. The van der Waals surface area contributed by atoms with E-state index in [9.17, 15) is 13.2 Å². The largest absolute Gasteiger partial charge is 0.495 e. The lowest BCUT2D eigenvalue weighted by atomic mass is 9.75. The molecule has 0 atom stereocenters. The summed E-state index contributed by atoms with van der Waals surface area (Å²) in [4.78, 5) is 0. The highest BCUT2D eigenvalue weighted by molar-refractivity contribution is 6.62. The second-order valence-corrected chi connectivity index (χ2v) is 5.90. The summed E-state index contributed by atoms with van der Waals surface area (Å²) in [6.45, 7) is 7.14. The summed E-state index contributed by atoms with van der Waals surface area (Å²) in [7, 11) is -1.08. The molecule has 110 valence electrons. The van der Waals surface area contributed by atoms with E-state index in [1.165, 1.54) is 18.2 Å². The van der Waals surface area contributed by atoms with E-state index in [4.69, 9.17) is 15.0 Å². The normalized spacial score (nSPS) is 21.2. The predicted molar refractivity (Wildman–Crippen MR) is 71.6 cm³/mol. The summed E-state index contributed by atoms with van der Waals surface area (Å²) in [6.07, 6.45) is -4.55. The van der Waals surface area contributed by atoms with Gasteiger partial charge in [0.2, 0.25) is 0 Å². The minimum atomic E-state index is -4.55. The van der Waals surface area contributed by atoms with Crippen molar-refractivity contribution in [3.8, 4) is 0 Å². The quantitative estimate of drug-likeness (QED) is 0.638. The molecule has 0 aliphatic carbocycles. The average molecular weight is 287 g/mol. The van der Waals surface area contributed by atoms with Gasteiger partial charge in [-0.15, -0.1) is 0 Å². The molecule has 1 fully saturated rings. The Morgan fingerprint density at radius 3 is 2.00 bits per heavy atom. The fourth-order valence-electron chi connectivity index (χ4n) is 2.08. The van der Waals surface area contributed by atoms with Crippen molar-refractivity contribution in [2.24, 2.45) is 0 Å². The van der Waals surface area contributed by atoms with Crippen LogP contribution in [0.2, 0.25) is 0 Å². The summed E-state index contributed by atoms with van der Waals surface area (Å²) in [5.74, 6) is 0. The first-order valence-corrected chi connectivity index (χ1v) is 6.27. The highest BCUT2D eigenvalue weighted by atomic mass is 19.4. The number of anilines is 1. The molecule has 3 nitrogen and oxygen atoms in total. The van der Waals surface area contributed by atoms with Crippen LogP contribution in [-0.2, 0) is 15.5 Å². The van der Waals surface area contributed by atoms with Crippen molar-refractivity contribution in [1.82, 2.24) is 0 Å². The van der Waals surface area contributed by atoms with E-state index in [1.807, 2.05) is 0 Å². The zero-order valence-electron chi connectivity index (χ0n) is 11.8. The molecule has 1 aromatic rings. The third-order valence-electron chi connectivity index (χ3n) is 3.92. The molecule has 1 aromatic carbocycles. The number of hydrogen-bond donors (Lipinski definition) is 1. The molecule has 7 heteroatoms. The fourth-order valence-corrected chi connectivity index (χ4v) is 2.08. The zero-order chi connectivity index (χ0) is 15.3. The Morgan fingerprint density at radius 2 is 1.55 bits per heavy atom. The Morgan fingerprint density at radius 1 is 1.05 bits per heavy atom. The van der Waals surface area contributed by atoms with Gasteiger partial charge in [0.25, 0.3) is 0 Å². The SMILES string of the molecule is CC1(C)OB(c2cccc(N)c2C(F)(F)F)OC1(C)C. The topological polar surface area (TPSA) is 44.5 Å². The number of nitrogens with two attached hydrogens (primary N) is 1. The number of benzene rings is 1. The zero-order valence-corrected chi connectivity index (χ0v) is 11.8. The van der Waals surface area contributed by atoms with Gasteiger partial charge in [0.1, 0.15) is 0 Å². The standard InChI is InChI=1S/C13H17BF3NO2/c1-11(2)12(3,4)20-14(19-11)8-6-5-7-9(18)10(8)13(15,16)17/h5-7H,18H2,1-4H3. The van der Waals surface area contributed by atoms with Crippen LogP contribution in [-0.4, -0.2) is 18.3 Å². The lowest BCUT2D eigenvalue weighted by molar-refractivity contribution is -0.136. The molecule has 20 heavy (non-hydrogen) atoms. The van der Waals surface area contributed by atoms with Crippen LogP contribution in [0.5, 0.6) is 0 Å². The van der Waals surface area contributed by atoms with Crippen LogP contribution in [0.3, 0.4) is 0 Å². The van der Waals surface area contributed by atoms with Gasteiger partial charge in [-0.1, -0.05) is 12.1 Å². The second-order valence-electron chi connectivity index (χ2n) is 5.90.